The van der Waals surface area contributed by atoms with Gasteiger partial charge in [-0.1, -0.05) is 69.9 Å². The van der Waals surface area contributed by atoms with E-state index < -0.39 is 0 Å². The first-order valence-electron chi connectivity index (χ1n) is 20.1. The molecule has 10 rings (SSSR count). The van der Waals surface area contributed by atoms with Crippen molar-refractivity contribution in [1.29, 1.82) is 0 Å². The molecule has 0 aromatic heterocycles. The molecule has 0 spiro atoms. The van der Waals surface area contributed by atoms with Crippen molar-refractivity contribution < 1.29 is 9.47 Å². The molecule has 3 saturated heterocycles. The van der Waals surface area contributed by atoms with Gasteiger partial charge in [0.1, 0.15) is 0 Å². The second-order valence-electron chi connectivity index (χ2n) is 17.5. The number of rotatable bonds is 4. The third-order valence-electron chi connectivity index (χ3n) is 15.5. The van der Waals surface area contributed by atoms with Crippen LogP contribution in [0.2, 0.25) is 0 Å². The minimum atomic E-state index is 0.493. The first kappa shape index (κ1) is 28.2. The van der Waals surface area contributed by atoms with Gasteiger partial charge in [0.25, 0.3) is 0 Å². The molecule has 0 bridgehead atoms. The van der Waals surface area contributed by atoms with Crippen molar-refractivity contribution in [2.75, 3.05) is 0 Å². The number of nitrogens with zero attached hydrogens (tertiary/aromatic N) is 2. The number of ether oxygens (including phenoxy) is 2. The average molecular weight is 601 g/mol. The highest BCUT2D eigenvalue weighted by Crippen LogP contribution is 2.59. The molecule has 4 nitrogen and oxygen atoms in total. The Bertz CT molecular complexity index is 1180. The molecule has 4 heteroatoms. The molecule has 4 heterocycles. The van der Waals surface area contributed by atoms with Crippen LogP contribution in [0.25, 0.3) is 0 Å². The highest BCUT2D eigenvalue weighted by atomic mass is 16.5. The second kappa shape index (κ2) is 11.1. The maximum Gasteiger partial charge on any atom is 0.0789 e. The van der Waals surface area contributed by atoms with Crippen molar-refractivity contribution in [2.24, 2.45) is 29.6 Å². The molecule has 6 aliphatic carbocycles. The molecule has 5 saturated carbocycles. The Labute approximate surface area is 267 Å². The van der Waals surface area contributed by atoms with Gasteiger partial charge in [0.15, 0.2) is 0 Å². The molecule has 10 aliphatic rings. The summed E-state index contributed by atoms with van der Waals surface area (Å²) in [5, 5.41) is 0. The van der Waals surface area contributed by atoms with Crippen LogP contribution in [0.1, 0.15) is 142 Å². The summed E-state index contributed by atoms with van der Waals surface area (Å²) in [7, 11) is 0. The summed E-state index contributed by atoms with van der Waals surface area (Å²) in [6.07, 6.45) is 34.1. The van der Waals surface area contributed by atoms with Crippen molar-refractivity contribution in [3.05, 3.63) is 22.9 Å². The molecule has 0 aromatic carbocycles. The molecule has 4 aliphatic heterocycles. The Balaban J connectivity index is 0.940. The largest absolute Gasteiger partial charge is 0.372 e. The predicted octanol–water partition coefficient (Wildman–Crippen LogP) is 8.55. The Morgan fingerprint density at radius 3 is 2.36 bits per heavy atom. The van der Waals surface area contributed by atoms with Gasteiger partial charge in [0.2, 0.25) is 0 Å². The normalized spacial score (nSPS) is 51.0. The van der Waals surface area contributed by atoms with Gasteiger partial charge >= 0.3 is 0 Å². The van der Waals surface area contributed by atoms with Gasteiger partial charge in [-0.05, 0) is 113 Å². The van der Waals surface area contributed by atoms with Crippen LogP contribution in [0, 0.1) is 29.6 Å². The van der Waals surface area contributed by atoms with Crippen molar-refractivity contribution in [3.63, 3.8) is 0 Å². The van der Waals surface area contributed by atoms with Gasteiger partial charge in [-0.15, -0.1) is 0 Å². The molecule has 0 N–H and O–H groups in total. The minimum absolute atomic E-state index is 0.493. The Morgan fingerprint density at radius 1 is 0.682 bits per heavy atom. The zero-order chi connectivity index (χ0) is 28.9. The van der Waals surface area contributed by atoms with E-state index in [1.54, 1.807) is 11.3 Å². The Kier molecular flexibility index (Phi) is 7.12. The smallest absolute Gasteiger partial charge is 0.0789 e. The van der Waals surface area contributed by atoms with Crippen LogP contribution < -0.4 is 0 Å². The maximum atomic E-state index is 7.13. The average Bonchev–Trinajstić information content (AvgIpc) is 3.58. The van der Waals surface area contributed by atoms with E-state index in [1.807, 2.05) is 5.57 Å². The van der Waals surface area contributed by atoms with Crippen molar-refractivity contribution in [2.45, 2.75) is 196 Å². The van der Waals surface area contributed by atoms with Gasteiger partial charge in [-0.25, -0.2) is 0 Å². The minimum Gasteiger partial charge on any atom is -0.372 e. The number of fused-ring (bicyclic) bond motifs is 9. The summed E-state index contributed by atoms with van der Waals surface area (Å²) >= 11 is 0. The summed E-state index contributed by atoms with van der Waals surface area (Å²) in [6, 6.07) is 3.65. The fourth-order valence-corrected chi connectivity index (χ4v) is 14.0. The Hall–Kier alpha value is -0.840. The molecule has 44 heavy (non-hydrogen) atoms. The lowest BCUT2D eigenvalue weighted by molar-refractivity contribution is -0.183. The number of hydrogen-bond donors (Lipinski definition) is 0. The predicted molar refractivity (Wildman–Crippen MR) is 175 cm³/mol. The van der Waals surface area contributed by atoms with E-state index >= 15 is 0 Å². The summed E-state index contributed by atoms with van der Waals surface area (Å²) in [5.41, 5.74) is 5.46. The summed E-state index contributed by atoms with van der Waals surface area (Å²) in [5.74, 6) is 4.30. The van der Waals surface area contributed by atoms with Gasteiger partial charge in [-0.2, -0.15) is 0 Å². The van der Waals surface area contributed by atoms with Crippen LogP contribution in [0.4, 0.5) is 0 Å². The third kappa shape index (κ3) is 4.24. The van der Waals surface area contributed by atoms with Crippen molar-refractivity contribution >= 4 is 0 Å². The van der Waals surface area contributed by atoms with E-state index in [4.69, 9.17) is 9.47 Å². The third-order valence-corrected chi connectivity index (χ3v) is 15.5. The molecule has 0 radical (unpaired) electrons. The van der Waals surface area contributed by atoms with Crippen molar-refractivity contribution in [1.82, 2.24) is 9.80 Å². The highest BCUT2D eigenvalue weighted by Gasteiger charge is 2.61. The van der Waals surface area contributed by atoms with E-state index in [-0.39, 0.29) is 0 Å². The SMILES string of the molecule is CCCCC1CC2OC3CCCCC3N3C4CCC(C5=CC6=C(CC5)N5C7CCCCC7OC7CCCC6C75)CC4C(C1)C23. The summed E-state index contributed by atoms with van der Waals surface area (Å²) < 4.78 is 14.1. The Morgan fingerprint density at radius 2 is 1.48 bits per heavy atom. The quantitative estimate of drug-likeness (QED) is 0.323. The van der Waals surface area contributed by atoms with Crippen LogP contribution in [0.15, 0.2) is 22.9 Å². The lowest BCUT2D eigenvalue weighted by Gasteiger charge is -2.54. The van der Waals surface area contributed by atoms with E-state index in [0.717, 1.165) is 47.7 Å². The van der Waals surface area contributed by atoms with Crippen LogP contribution in [0.5, 0.6) is 0 Å². The molecule has 14 unspecified atom stereocenters. The first-order chi connectivity index (χ1) is 21.8. The molecular formula is C40H60N2O2. The molecule has 242 valence electrons. The highest BCUT2D eigenvalue weighted by molar-refractivity contribution is 5.43. The fraction of sp³-hybridized carbons (Fsp3) is 0.900. The lowest BCUT2D eigenvalue weighted by Crippen LogP contribution is -2.63. The standard InChI is InChI=1S/C40H60N2O2/c1-2-3-9-24-20-30-29-23-26(17-19-32(29)42-34-12-5-7-14-36(34)44-38(21-24)40(30)42)25-16-18-31-28(22-25)27-10-8-15-37-39(27)41(31)33-11-4-6-13-35(33)43-37/h22,24,26-27,29-30,32-40H,2-21,23H2,1H3. The lowest BCUT2D eigenvalue weighted by atomic mass is 9.65. The number of allylic oxidation sites excluding steroid dienone is 3. The van der Waals surface area contributed by atoms with Crippen LogP contribution >= 0.6 is 0 Å². The molecule has 14 atom stereocenters. The van der Waals surface area contributed by atoms with E-state index in [0.29, 0.717) is 36.5 Å². The van der Waals surface area contributed by atoms with Gasteiger partial charge in [0.05, 0.1) is 36.5 Å². The zero-order valence-corrected chi connectivity index (χ0v) is 27.7. The van der Waals surface area contributed by atoms with Gasteiger partial charge in [0, 0.05) is 29.7 Å². The van der Waals surface area contributed by atoms with Crippen LogP contribution in [0.3, 0.4) is 0 Å². The number of hydrogen-bond acceptors (Lipinski definition) is 4. The van der Waals surface area contributed by atoms with E-state index in [2.05, 4.69) is 22.8 Å². The second-order valence-corrected chi connectivity index (χ2v) is 17.5. The van der Waals surface area contributed by atoms with E-state index in [1.165, 1.54) is 135 Å². The van der Waals surface area contributed by atoms with Gasteiger partial charge < -0.3 is 14.4 Å². The fourth-order valence-electron chi connectivity index (χ4n) is 14.0. The molecule has 8 fully saturated rings. The molecular weight excluding hydrogens is 540 g/mol. The zero-order valence-electron chi connectivity index (χ0n) is 27.7. The first-order valence-corrected chi connectivity index (χ1v) is 20.1. The van der Waals surface area contributed by atoms with Gasteiger partial charge in [-0.3, -0.25) is 4.90 Å². The topological polar surface area (TPSA) is 24.9 Å². The summed E-state index contributed by atoms with van der Waals surface area (Å²) in [6.45, 7) is 2.39. The molecule has 0 aromatic rings. The molecule has 0 amide bonds. The number of unbranched alkanes of at least 4 members (excludes halogenated alkanes) is 1. The monoisotopic (exact) mass is 600 g/mol. The maximum absolute atomic E-state index is 7.13. The number of morpholine rings is 2. The van der Waals surface area contributed by atoms with E-state index in [9.17, 15) is 0 Å². The summed E-state index contributed by atoms with van der Waals surface area (Å²) in [4.78, 5) is 6.21. The van der Waals surface area contributed by atoms with Crippen LogP contribution in [-0.2, 0) is 9.47 Å². The van der Waals surface area contributed by atoms with Crippen molar-refractivity contribution in [3.8, 4) is 0 Å². The van der Waals surface area contributed by atoms with Crippen LogP contribution in [-0.4, -0.2) is 64.4 Å².